The molecule has 3 heteroatoms. The summed E-state index contributed by atoms with van der Waals surface area (Å²) in [7, 11) is 0. The van der Waals surface area contributed by atoms with Gasteiger partial charge in [-0.25, -0.2) is 4.98 Å². The minimum absolute atomic E-state index is 0.0315. The molecule has 4 aliphatic rings. The van der Waals surface area contributed by atoms with E-state index in [0.717, 1.165) is 60.3 Å². The molecule has 9 atom stereocenters. The van der Waals surface area contributed by atoms with E-state index in [1.54, 1.807) is 0 Å². The van der Waals surface area contributed by atoms with Gasteiger partial charge in [0.1, 0.15) is 5.82 Å². The predicted molar refractivity (Wildman–Crippen MR) is 140 cm³/mol. The highest BCUT2D eigenvalue weighted by Crippen LogP contribution is 2.68. The topological polar surface area (TPSA) is 48.9 Å². The first-order valence-corrected chi connectivity index (χ1v) is 14.4. The van der Waals surface area contributed by atoms with Crippen molar-refractivity contribution in [3.63, 3.8) is 0 Å². The number of aromatic nitrogens is 2. The van der Waals surface area contributed by atoms with Gasteiger partial charge in [0.2, 0.25) is 0 Å². The second kappa shape index (κ2) is 8.36. The number of aryl methyl sites for hydroxylation is 2. The van der Waals surface area contributed by atoms with Crippen LogP contribution in [-0.2, 0) is 6.42 Å². The molecule has 3 nitrogen and oxygen atoms in total. The monoisotopic (exact) mass is 462 g/mol. The molecule has 0 saturated heterocycles. The summed E-state index contributed by atoms with van der Waals surface area (Å²) in [5.74, 6) is 6.34. The summed E-state index contributed by atoms with van der Waals surface area (Å²) in [5, 5.41) is 10.3. The summed E-state index contributed by atoms with van der Waals surface area (Å²) in [5.41, 5.74) is 4.62. The third kappa shape index (κ3) is 3.59. The number of aliphatic hydroxyl groups is 1. The van der Waals surface area contributed by atoms with Crippen molar-refractivity contribution in [2.45, 2.75) is 104 Å². The Balaban J connectivity index is 1.15. The van der Waals surface area contributed by atoms with Crippen LogP contribution in [0.4, 0.5) is 0 Å². The van der Waals surface area contributed by atoms with Crippen molar-refractivity contribution < 1.29 is 5.11 Å². The molecule has 1 aromatic carbocycles. The third-order valence-electron chi connectivity index (χ3n) is 11.9. The van der Waals surface area contributed by atoms with Gasteiger partial charge < -0.3 is 10.1 Å². The Morgan fingerprint density at radius 1 is 1.03 bits per heavy atom. The van der Waals surface area contributed by atoms with E-state index >= 15 is 0 Å². The average Bonchev–Trinajstić information content (AvgIpc) is 3.37. The zero-order valence-electron chi connectivity index (χ0n) is 21.9. The summed E-state index contributed by atoms with van der Waals surface area (Å²) < 4.78 is 0. The van der Waals surface area contributed by atoms with Crippen LogP contribution >= 0.6 is 0 Å². The number of benzene rings is 1. The quantitative estimate of drug-likeness (QED) is 0.495. The fourth-order valence-electron chi connectivity index (χ4n) is 10.1. The van der Waals surface area contributed by atoms with Crippen LogP contribution in [0.2, 0.25) is 0 Å². The molecule has 34 heavy (non-hydrogen) atoms. The van der Waals surface area contributed by atoms with Gasteiger partial charge in [0.05, 0.1) is 17.1 Å². The molecule has 0 aliphatic heterocycles. The number of imidazole rings is 1. The molecule has 0 spiro atoms. The average molecular weight is 463 g/mol. The van der Waals surface area contributed by atoms with Gasteiger partial charge in [-0.2, -0.15) is 0 Å². The van der Waals surface area contributed by atoms with Crippen LogP contribution in [0.1, 0.15) is 96.4 Å². The van der Waals surface area contributed by atoms with Crippen molar-refractivity contribution in [2.75, 3.05) is 0 Å². The molecule has 4 saturated carbocycles. The summed E-state index contributed by atoms with van der Waals surface area (Å²) in [4.78, 5) is 8.47. The minimum atomic E-state index is -0.0315. The molecule has 0 unspecified atom stereocenters. The van der Waals surface area contributed by atoms with Crippen molar-refractivity contribution in [1.82, 2.24) is 9.97 Å². The SMILES string of the molecule is Cc1ccc2nc(CC[C@@H](C)[C@@H]3CC[C@@H]4[C@H]5CC[C@H]6C[C@@H](O)CC[C@]6(C)[C@@H]5CC[C@@]43C)[nH]c2c1. The molecule has 6 rings (SSSR count). The number of rotatable bonds is 4. The molecule has 1 aromatic heterocycles. The highest BCUT2D eigenvalue weighted by molar-refractivity contribution is 5.75. The Morgan fingerprint density at radius 3 is 2.68 bits per heavy atom. The lowest BCUT2D eigenvalue weighted by Gasteiger charge is -2.61. The fraction of sp³-hybridized carbons (Fsp3) is 0.774. The van der Waals surface area contributed by atoms with Gasteiger partial charge in [-0.05, 0) is 135 Å². The van der Waals surface area contributed by atoms with E-state index in [4.69, 9.17) is 4.98 Å². The first kappa shape index (κ1) is 23.1. The number of aromatic amines is 1. The fourth-order valence-corrected chi connectivity index (χ4v) is 10.1. The Bertz CT molecular complexity index is 1040. The maximum absolute atomic E-state index is 10.3. The first-order chi connectivity index (χ1) is 16.3. The van der Waals surface area contributed by atoms with Gasteiger partial charge in [0.25, 0.3) is 0 Å². The van der Waals surface area contributed by atoms with Crippen molar-refractivity contribution in [3.8, 4) is 0 Å². The number of nitrogens with one attached hydrogen (secondary N) is 1. The third-order valence-corrected chi connectivity index (χ3v) is 11.9. The molecule has 1 heterocycles. The van der Waals surface area contributed by atoms with Crippen LogP contribution in [0.3, 0.4) is 0 Å². The summed E-state index contributed by atoms with van der Waals surface area (Å²) >= 11 is 0. The van der Waals surface area contributed by atoms with Gasteiger partial charge in [0, 0.05) is 6.42 Å². The van der Waals surface area contributed by atoms with E-state index in [-0.39, 0.29) is 6.10 Å². The molecule has 0 bridgehead atoms. The van der Waals surface area contributed by atoms with Crippen molar-refractivity contribution in [3.05, 3.63) is 29.6 Å². The van der Waals surface area contributed by atoms with Gasteiger partial charge in [-0.1, -0.05) is 26.8 Å². The number of nitrogens with zero attached hydrogens (tertiary/aromatic N) is 1. The molecule has 186 valence electrons. The number of fused-ring (bicyclic) bond motifs is 6. The lowest BCUT2D eigenvalue weighted by molar-refractivity contribution is -0.129. The van der Waals surface area contributed by atoms with Crippen LogP contribution in [0.5, 0.6) is 0 Å². The molecule has 2 N–H and O–H groups in total. The Labute approximate surface area is 206 Å². The minimum Gasteiger partial charge on any atom is -0.393 e. The molecule has 4 fully saturated rings. The van der Waals surface area contributed by atoms with Crippen LogP contribution in [0.15, 0.2) is 18.2 Å². The number of hydrogen-bond donors (Lipinski definition) is 2. The van der Waals surface area contributed by atoms with E-state index < -0.39 is 0 Å². The van der Waals surface area contributed by atoms with E-state index in [1.165, 1.54) is 68.3 Å². The lowest BCUT2D eigenvalue weighted by Crippen LogP contribution is -2.54. The highest BCUT2D eigenvalue weighted by Gasteiger charge is 2.60. The van der Waals surface area contributed by atoms with Gasteiger partial charge in [0.15, 0.2) is 0 Å². The summed E-state index contributed by atoms with van der Waals surface area (Å²) in [6, 6.07) is 6.53. The summed E-state index contributed by atoms with van der Waals surface area (Å²) in [6.45, 7) is 9.99. The van der Waals surface area contributed by atoms with Crippen molar-refractivity contribution >= 4 is 11.0 Å². The van der Waals surface area contributed by atoms with E-state index in [2.05, 4.69) is 50.9 Å². The first-order valence-electron chi connectivity index (χ1n) is 14.4. The molecule has 4 aliphatic carbocycles. The zero-order chi connectivity index (χ0) is 23.7. The zero-order valence-corrected chi connectivity index (χ0v) is 21.9. The Hall–Kier alpha value is -1.35. The predicted octanol–water partition coefficient (Wildman–Crippen LogP) is 7.46. The smallest absolute Gasteiger partial charge is 0.107 e. The molecule has 0 radical (unpaired) electrons. The van der Waals surface area contributed by atoms with Crippen LogP contribution in [0, 0.1) is 53.3 Å². The number of hydrogen-bond acceptors (Lipinski definition) is 2. The Morgan fingerprint density at radius 2 is 1.82 bits per heavy atom. The molecular formula is C31H46N2O. The lowest BCUT2D eigenvalue weighted by atomic mass is 9.44. The largest absolute Gasteiger partial charge is 0.393 e. The number of H-pyrrole nitrogens is 1. The van der Waals surface area contributed by atoms with Gasteiger partial charge in [-0.15, -0.1) is 0 Å². The molecule has 0 amide bonds. The van der Waals surface area contributed by atoms with Crippen molar-refractivity contribution in [2.24, 2.45) is 46.3 Å². The van der Waals surface area contributed by atoms with E-state index in [1.807, 2.05) is 0 Å². The molecule has 2 aromatic rings. The van der Waals surface area contributed by atoms with Crippen LogP contribution < -0.4 is 0 Å². The summed E-state index contributed by atoms with van der Waals surface area (Å²) in [6.07, 6.45) is 14.2. The maximum Gasteiger partial charge on any atom is 0.107 e. The molecular weight excluding hydrogens is 416 g/mol. The normalized spacial score (nSPS) is 42.7. The second-order valence-electron chi connectivity index (χ2n) is 13.5. The maximum atomic E-state index is 10.3. The Kier molecular flexibility index (Phi) is 5.67. The standard InChI is InChI=1S/C31H46N2O/c1-19-5-11-27-28(17-19)33-29(32-27)12-6-20(2)24-9-10-25-23-8-7-21-18-22(34)13-15-30(21,3)26(23)14-16-31(24,25)4/h5,11,17,20-26,34H,6-10,12-16,18H2,1-4H3,(H,32,33)/t20-,21+,22+,23-,24+,25-,26-,30+,31-/m1/s1. The number of aliphatic hydroxyl groups excluding tert-OH is 1. The van der Waals surface area contributed by atoms with E-state index in [9.17, 15) is 5.11 Å². The second-order valence-corrected chi connectivity index (χ2v) is 13.5. The van der Waals surface area contributed by atoms with Gasteiger partial charge in [-0.3, -0.25) is 0 Å². The van der Waals surface area contributed by atoms with Gasteiger partial charge >= 0.3 is 0 Å². The van der Waals surface area contributed by atoms with Crippen molar-refractivity contribution in [1.29, 1.82) is 0 Å². The van der Waals surface area contributed by atoms with Crippen LogP contribution in [-0.4, -0.2) is 21.2 Å². The van der Waals surface area contributed by atoms with E-state index in [0.29, 0.717) is 10.8 Å². The highest BCUT2D eigenvalue weighted by atomic mass is 16.3. The van der Waals surface area contributed by atoms with Crippen LogP contribution in [0.25, 0.3) is 11.0 Å².